The molecule has 0 bridgehead atoms. The molecule has 9 rings (SSSR count). The van der Waals surface area contributed by atoms with E-state index in [1.54, 1.807) is 17.7 Å². The van der Waals surface area contributed by atoms with E-state index in [1.165, 1.54) is 87.0 Å². The molecule has 0 spiro atoms. The second-order valence-electron chi connectivity index (χ2n) is 12.1. The van der Waals surface area contributed by atoms with Crippen molar-refractivity contribution in [3.8, 4) is 0 Å². The molecular weight excluding hydrogens is 643 g/mol. The van der Waals surface area contributed by atoms with Crippen molar-refractivity contribution in [3.05, 3.63) is 149 Å². The van der Waals surface area contributed by atoms with Crippen LogP contribution in [0.1, 0.15) is 54.4 Å². The third-order valence-corrected chi connectivity index (χ3v) is 17.7. The fourth-order valence-corrected chi connectivity index (χ4v) is 16.5. The number of halogens is 2. The molecule has 0 amide bonds. The van der Waals surface area contributed by atoms with Gasteiger partial charge in [-0.05, 0) is 0 Å². The predicted molar refractivity (Wildman–Crippen MR) is 172 cm³/mol. The van der Waals surface area contributed by atoms with Crippen LogP contribution in [0.25, 0.3) is 32.7 Å². The van der Waals surface area contributed by atoms with Crippen molar-refractivity contribution in [2.24, 2.45) is 0 Å². The Labute approximate surface area is 274 Å². The summed E-state index contributed by atoms with van der Waals surface area (Å²) < 4.78 is 5.39. The summed E-state index contributed by atoms with van der Waals surface area (Å²) in [5.74, 6) is 0. The summed E-state index contributed by atoms with van der Waals surface area (Å²) in [6, 6.07) is 27.3. The molecule has 43 heavy (non-hydrogen) atoms. The quantitative estimate of drug-likeness (QED) is 0.302. The maximum absolute atomic E-state index is 2.58. The van der Waals surface area contributed by atoms with Gasteiger partial charge >= 0.3 is 251 Å². The van der Waals surface area contributed by atoms with Crippen LogP contribution in [-0.4, -0.2) is 3.21 Å². The summed E-state index contributed by atoms with van der Waals surface area (Å²) in [7, 11) is 0. The first-order valence-corrected chi connectivity index (χ1v) is 19.0. The average Bonchev–Trinajstić information content (AvgIpc) is 3.66. The van der Waals surface area contributed by atoms with Gasteiger partial charge in [0.2, 0.25) is 0 Å². The fraction of sp³-hybridized carbons (Fsp3) is 0.175. The molecule has 3 heteroatoms. The van der Waals surface area contributed by atoms with Gasteiger partial charge in [0.15, 0.2) is 0 Å². The van der Waals surface area contributed by atoms with Crippen LogP contribution in [0, 0.1) is 0 Å². The van der Waals surface area contributed by atoms with E-state index in [2.05, 4.69) is 109 Å². The Balaban J connectivity index is 0.00000150. The van der Waals surface area contributed by atoms with E-state index in [-0.39, 0.29) is 24.8 Å². The zero-order valence-electron chi connectivity index (χ0n) is 24.1. The van der Waals surface area contributed by atoms with Gasteiger partial charge in [-0.3, -0.25) is 0 Å². The Hall–Kier alpha value is -2.83. The van der Waals surface area contributed by atoms with Crippen molar-refractivity contribution in [3.63, 3.8) is 0 Å². The van der Waals surface area contributed by atoms with Crippen molar-refractivity contribution in [2.75, 3.05) is 0 Å². The van der Waals surface area contributed by atoms with Gasteiger partial charge in [-0.25, -0.2) is 0 Å². The minimum absolute atomic E-state index is 0. The van der Waals surface area contributed by atoms with Gasteiger partial charge in [0.05, 0.1) is 0 Å². The normalized spacial score (nSPS) is 17.8. The molecule has 0 aliphatic heterocycles. The van der Waals surface area contributed by atoms with Crippen molar-refractivity contribution < 1.29 is 46.1 Å². The molecule has 0 saturated heterocycles. The number of rotatable bonds is 2. The SMILES string of the molecule is C1=C2C(=CC=[C]2[Zr+2]([C]2=CC=C3C2=CCc2ccc4ccccc4c23)=[C]2CCCCC2)c2c(ccc3ccccc23)C1.[Cl-].[Cl-]. The maximum atomic E-state index is 2.58. The smallest absolute Gasteiger partial charge is 1.00 e. The van der Waals surface area contributed by atoms with Crippen molar-refractivity contribution >= 4 is 35.9 Å². The monoisotopic (exact) mass is 672 g/mol. The maximum Gasteiger partial charge on any atom is -1.00 e. The van der Waals surface area contributed by atoms with E-state index in [9.17, 15) is 0 Å². The third-order valence-electron chi connectivity index (χ3n) is 9.96. The number of hydrogen-bond donors (Lipinski definition) is 0. The molecule has 0 unspecified atom stereocenters. The Bertz CT molecular complexity index is 1920. The molecule has 0 nitrogen and oxygen atoms in total. The molecule has 0 N–H and O–H groups in total. The molecule has 1 saturated carbocycles. The Kier molecular flexibility index (Phi) is 7.80. The van der Waals surface area contributed by atoms with Crippen LogP contribution in [0.4, 0.5) is 0 Å². The van der Waals surface area contributed by atoms with Gasteiger partial charge in [0, 0.05) is 0 Å². The Morgan fingerprint density at radius 3 is 1.47 bits per heavy atom. The molecule has 5 aliphatic carbocycles. The topological polar surface area (TPSA) is 0 Å². The summed E-state index contributed by atoms with van der Waals surface area (Å²) >= 11 is -2.36. The van der Waals surface area contributed by atoms with Gasteiger partial charge in [-0.2, -0.15) is 0 Å². The van der Waals surface area contributed by atoms with Crippen molar-refractivity contribution in [2.45, 2.75) is 44.9 Å². The molecule has 5 aliphatic rings. The number of allylic oxidation sites excluding steroid dienone is 12. The molecule has 0 radical (unpaired) electrons. The van der Waals surface area contributed by atoms with Crippen LogP contribution < -0.4 is 24.8 Å². The summed E-state index contributed by atoms with van der Waals surface area (Å²) in [5, 5.41) is 5.53. The standard InChI is InChI=1S/2C17H11.C6H10.2ClH.Zr/c2*1-2-6-15-12(4-1)8-10-14-11-9-13-5-3-7-16(13)17(14)15;1-2-4-6-5-3-1;;;/h2*1-4,6-10H,11H2;1-5H2;2*1H;/q;;;;;+2/p-2. The van der Waals surface area contributed by atoms with Gasteiger partial charge in [-0.15, -0.1) is 0 Å². The second-order valence-corrected chi connectivity index (χ2v) is 18.4. The molecule has 0 aromatic heterocycles. The summed E-state index contributed by atoms with van der Waals surface area (Å²) in [6.07, 6.45) is 24.2. The third kappa shape index (κ3) is 4.54. The fourth-order valence-electron chi connectivity index (χ4n) is 8.08. The molecular formula is C40H32Cl2Zr. The van der Waals surface area contributed by atoms with Crippen LogP contribution in [0.3, 0.4) is 0 Å². The zero-order valence-corrected chi connectivity index (χ0v) is 28.1. The Morgan fingerprint density at radius 1 is 0.465 bits per heavy atom. The largest absolute Gasteiger partial charge is 1.00 e. The van der Waals surface area contributed by atoms with Gasteiger partial charge in [0.25, 0.3) is 0 Å². The average molecular weight is 675 g/mol. The van der Waals surface area contributed by atoms with E-state index in [4.69, 9.17) is 0 Å². The van der Waals surface area contributed by atoms with Crippen molar-refractivity contribution in [1.29, 1.82) is 0 Å². The molecule has 0 heterocycles. The van der Waals surface area contributed by atoms with E-state index in [1.807, 2.05) is 3.21 Å². The van der Waals surface area contributed by atoms with Crippen LogP contribution in [0.15, 0.2) is 127 Å². The van der Waals surface area contributed by atoms with Crippen LogP contribution in [-0.2, 0) is 34.1 Å². The molecule has 4 aromatic carbocycles. The first kappa shape index (κ1) is 28.9. The van der Waals surface area contributed by atoms with E-state index >= 15 is 0 Å². The molecule has 4 aromatic rings. The molecule has 0 atom stereocenters. The minimum atomic E-state index is -2.36. The van der Waals surface area contributed by atoms with E-state index in [0.29, 0.717) is 0 Å². The van der Waals surface area contributed by atoms with Crippen LogP contribution >= 0.6 is 0 Å². The van der Waals surface area contributed by atoms with Gasteiger partial charge in [-0.1, -0.05) is 0 Å². The number of hydrogen-bond acceptors (Lipinski definition) is 0. The predicted octanol–water partition coefficient (Wildman–Crippen LogP) is 3.98. The van der Waals surface area contributed by atoms with E-state index < -0.39 is 21.3 Å². The van der Waals surface area contributed by atoms with Crippen LogP contribution in [0.2, 0.25) is 0 Å². The number of benzene rings is 4. The first-order valence-electron chi connectivity index (χ1n) is 15.4. The summed E-state index contributed by atoms with van der Waals surface area (Å²) in [4.78, 5) is 0. The van der Waals surface area contributed by atoms with Crippen LogP contribution in [0.5, 0.6) is 0 Å². The summed E-state index contributed by atoms with van der Waals surface area (Å²) in [6.45, 7) is 0. The first-order chi connectivity index (χ1) is 20.3. The zero-order chi connectivity index (χ0) is 26.9. The number of fused-ring (bicyclic) bond motifs is 10. The molecule has 210 valence electrons. The van der Waals surface area contributed by atoms with Gasteiger partial charge in [0.1, 0.15) is 0 Å². The Morgan fingerprint density at radius 2 is 0.953 bits per heavy atom. The van der Waals surface area contributed by atoms with Gasteiger partial charge < -0.3 is 24.8 Å². The second kappa shape index (κ2) is 11.6. The minimum Gasteiger partial charge on any atom is -1.00 e. The van der Waals surface area contributed by atoms with Crippen molar-refractivity contribution in [1.82, 2.24) is 0 Å². The summed E-state index contributed by atoms with van der Waals surface area (Å²) in [5.41, 5.74) is 12.0. The van der Waals surface area contributed by atoms with E-state index in [0.717, 1.165) is 12.8 Å². The molecule has 1 fully saturated rings.